The molecule has 0 aliphatic carbocycles. The van der Waals surface area contributed by atoms with Crippen LogP contribution >= 0.6 is 11.6 Å². The second-order valence-electron chi connectivity index (χ2n) is 7.77. The van der Waals surface area contributed by atoms with Crippen LogP contribution in [0.5, 0.6) is 5.88 Å². The van der Waals surface area contributed by atoms with Crippen LogP contribution in [0.3, 0.4) is 0 Å². The van der Waals surface area contributed by atoms with Crippen LogP contribution in [-0.2, 0) is 4.79 Å². The van der Waals surface area contributed by atoms with Gasteiger partial charge >= 0.3 is 0 Å². The first-order valence-corrected chi connectivity index (χ1v) is 11.3. The lowest BCUT2D eigenvalue weighted by molar-refractivity contribution is -0.122. The van der Waals surface area contributed by atoms with Crippen LogP contribution in [0, 0.1) is 13.8 Å². The van der Waals surface area contributed by atoms with Gasteiger partial charge in [-0.2, -0.15) is 4.68 Å². The molecule has 1 aromatic heterocycles. The number of hydrogen-bond donors (Lipinski definition) is 1. The molecule has 1 atom stereocenters. The van der Waals surface area contributed by atoms with Gasteiger partial charge in [-0.25, -0.2) is 0 Å². The molecule has 3 aromatic rings. The largest absolute Gasteiger partial charge is 0.463 e. The van der Waals surface area contributed by atoms with E-state index >= 15 is 0 Å². The molecule has 0 saturated carbocycles. The van der Waals surface area contributed by atoms with E-state index in [-0.39, 0.29) is 17.3 Å². The molecule has 8 heteroatoms. The summed E-state index contributed by atoms with van der Waals surface area (Å²) in [7, 11) is 0. The summed E-state index contributed by atoms with van der Waals surface area (Å²) in [4.78, 5) is 27.4. The molecule has 1 amide bonds. The quantitative estimate of drug-likeness (QED) is 0.516. The third-order valence-corrected chi connectivity index (χ3v) is 5.67. The number of amides is 1. The Labute approximate surface area is 198 Å². The number of hydrogen-bond acceptors (Lipinski definition) is 5. The topological polar surface area (TPSA) is 76.5 Å². The number of nitrogens with zero attached hydrogens (tertiary/aromatic N) is 3. The fourth-order valence-electron chi connectivity index (χ4n) is 3.48. The average molecular weight is 469 g/mol. The fourth-order valence-corrected chi connectivity index (χ4v) is 3.65. The predicted octanol–water partition coefficient (Wildman–Crippen LogP) is 4.75. The molecule has 0 fully saturated rings. The molecule has 0 aliphatic heterocycles. The highest BCUT2D eigenvalue weighted by Gasteiger charge is 2.18. The molecule has 1 heterocycles. The van der Waals surface area contributed by atoms with Gasteiger partial charge in [-0.05, 0) is 76.1 Å². The molecule has 0 radical (unpaired) electrons. The number of aromatic nitrogens is 2. The highest BCUT2D eigenvalue weighted by Crippen LogP contribution is 2.23. The van der Waals surface area contributed by atoms with Crippen molar-refractivity contribution in [2.75, 3.05) is 23.3 Å². The van der Waals surface area contributed by atoms with Crippen LogP contribution in [0.4, 0.5) is 11.4 Å². The molecule has 7 nitrogen and oxygen atoms in total. The molecule has 0 bridgehead atoms. The zero-order valence-electron chi connectivity index (χ0n) is 19.6. The maximum absolute atomic E-state index is 12.8. The Kier molecular flexibility index (Phi) is 7.76. The van der Waals surface area contributed by atoms with E-state index in [4.69, 9.17) is 16.3 Å². The van der Waals surface area contributed by atoms with Crippen molar-refractivity contribution in [3.63, 3.8) is 0 Å². The summed E-state index contributed by atoms with van der Waals surface area (Å²) in [6, 6.07) is 14.0. The van der Waals surface area contributed by atoms with Crippen molar-refractivity contribution in [3.8, 4) is 11.6 Å². The SMILES string of the molecule is CCN(CC)c1ccc(NC(=O)[C@H](C)Oc2ccc(=O)n(-c3cc(Cl)ccc3C)n2)c(C)c1. The first-order chi connectivity index (χ1) is 15.7. The van der Waals surface area contributed by atoms with Crippen molar-refractivity contribution in [2.24, 2.45) is 0 Å². The van der Waals surface area contributed by atoms with Crippen LogP contribution in [0.1, 0.15) is 31.9 Å². The second kappa shape index (κ2) is 10.5. The van der Waals surface area contributed by atoms with Crippen molar-refractivity contribution in [2.45, 2.75) is 40.7 Å². The Balaban J connectivity index is 1.75. The van der Waals surface area contributed by atoms with Gasteiger partial charge in [0.25, 0.3) is 11.5 Å². The summed E-state index contributed by atoms with van der Waals surface area (Å²) in [5, 5.41) is 7.68. The Morgan fingerprint density at radius 2 is 1.82 bits per heavy atom. The molecule has 33 heavy (non-hydrogen) atoms. The number of aryl methyl sites for hydroxylation is 2. The van der Waals surface area contributed by atoms with E-state index in [0.29, 0.717) is 10.7 Å². The van der Waals surface area contributed by atoms with Crippen molar-refractivity contribution in [1.29, 1.82) is 0 Å². The van der Waals surface area contributed by atoms with Gasteiger partial charge in [0.2, 0.25) is 5.88 Å². The lowest BCUT2D eigenvalue weighted by atomic mass is 10.1. The van der Waals surface area contributed by atoms with Gasteiger partial charge in [0.15, 0.2) is 6.10 Å². The van der Waals surface area contributed by atoms with Crippen LogP contribution in [0.2, 0.25) is 5.02 Å². The van der Waals surface area contributed by atoms with E-state index in [9.17, 15) is 9.59 Å². The number of rotatable bonds is 8. The summed E-state index contributed by atoms with van der Waals surface area (Å²) in [6.07, 6.45) is -0.828. The van der Waals surface area contributed by atoms with E-state index in [2.05, 4.69) is 35.2 Å². The molecule has 2 aromatic carbocycles. The molecule has 0 unspecified atom stereocenters. The number of benzene rings is 2. The third kappa shape index (κ3) is 5.73. The van der Waals surface area contributed by atoms with Gasteiger partial charge in [0.1, 0.15) is 0 Å². The van der Waals surface area contributed by atoms with E-state index in [0.717, 1.165) is 35.6 Å². The van der Waals surface area contributed by atoms with Gasteiger partial charge in [-0.3, -0.25) is 9.59 Å². The molecular formula is C25H29ClN4O3. The van der Waals surface area contributed by atoms with Crippen LogP contribution in [0.25, 0.3) is 5.69 Å². The fraction of sp³-hybridized carbons (Fsp3) is 0.320. The minimum absolute atomic E-state index is 0.158. The monoisotopic (exact) mass is 468 g/mol. The maximum atomic E-state index is 12.8. The van der Waals surface area contributed by atoms with Crippen molar-refractivity contribution in [1.82, 2.24) is 9.78 Å². The Hall–Kier alpha value is -3.32. The van der Waals surface area contributed by atoms with Crippen LogP contribution < -0.4 is 20.5 Å². The summed E-state index contributed by atoms with van der Waals surface area (Å²) in [5.74, 6) is -0.155. The third-order valence-electron chi connectivity index (χ3n) is 5.44. The van der Waals surface area contributed by atoms with E-state index < -0.39 is 6.10 Å². The predicted molar refractivity (Wildman–Crippen MR) is 133 cm³/mol. The number of nitrogens with one attached hydrogen (secondary N) is 1. The second-order valence-corrected chi connectivity index (χ2v) is 8.21. The highest BCUT2D eigenvalue weighted by molar-refractivity contribution is 6.30. The van der Waals surface area contributed by atoms with Crippen LogP contribution in [0.15, 0.2) is 53.3 Å². The smallest absolute Gasteiger partial charge is 0.271 e. The minimum atomic E-state index is -0.828. The highest BCUT2D eigenvalue weighted by atomic mass is 35.5. The average Bonchev–Trinajstić information content (AvgIpc) is 2.79. The van der Waals surface area contributed by atoms with Gasteiger partial charge in [-0.1, -0.05) is 17.7 Å². The van der Waals surface area contributed by atoms with Gasteiger partial charge in [0.05, 0.1) is 5.69 Å². The van der Waals surface area contributed by atoms with Crippen molar-refractivity contribution in [3.05, 3.63) is 75.0 Å². The van der Waals surface area contributed by atoms with Gasteiger partial charge in [-0.15, -0.1) is 5.10 Å². The first-order valence-electron chi connectivity index (χ1n) is 10.9. The molecule has 0 aliphatic rings. The number of carbonyl (C=O) groups is 1. The minimum Gasteiger partial charge on any atom is -0.463 e. The molecule has 1 N–H and O–H groups in total. The van der Waals surface area contributed by atoms with Crippen molar-refractivity contribution < 1.29 is 9.53 Å². The Bertz CT molecular complexity index is 1200. The molecular weight excluding hydrogens is 440 g/mol. The summed E-state index contributed by atoms with van der Waals surface area (Å²) >= 11 is 6.09. The summed E-state index contributed by atoms with van der Waals surface area (Å²) in [6.45, 7) is 11.5. The Morgan fingerprint density at radius 1 is 1.09 bits per heavy atom. The zero-order chi connectivity index (χ0) is 24.1. The van der Waals surface area contributed by atoms with E-state index in [1.54, 1.807) is 19.1 Å². The van der Waals surface area contributed by atoms with E-state index in [1.807, 2.05) is 32.0 Å². The molecule has 0 saturated heterocycles. The lowest BCUT2D eigenvalue weighted by Crippen LogP contribution is -2.31. The van der Waals surface area contributed by atoms with Crippen molar-refractivity contribution >= 4 is 28.9 Å². The maximum Gasteiger partial charge on any atom is 0.271 e. The van der Waals surface area contributed by atoms with E-state index in [1.165, 1.54) is 16.8 Å². The summed E-state index contributed by atoms with van der Waals surface area (Å²) < 4.78 is 6.97. The summed E-state index contributed by atoms with van der Waals surface area (Å²) in [5.41, 5.74) is 3.86. The zero-order valence-corrected chi connectivity index (χ0v) is 20.3. The number of carbonyl (C=O) groups excluding carboxylic acids is 1. The van der Waals surface area contributed by atoms with Gasteiger partial charge < -0.3 is 15.0 Å². The molecule has 0 spiro atoms. The number of ether oxygens (including phenoxy) is 1. The van der Waals surface area contributed by atoms with Gasteiger partial charge in [0, 0.05) is 41.6 Å². The lowest BCUT2D eigenvalue weighted by Gasteiger charge is -2.22. The normalized spacial score (nSPS) is 11.7. The molecule has 3 rings (SSSR count). The molecule has 174 valence electrons. The Morgan fingerprint density at radius 3 is 2.48 bits per heavy atom. The van der Waals surface area contributed by atoms with Crippen LogP contribution in [-0.4, -0.2) is 34.9 Å². The number of halogens is 1. The first kappa shape index (κ1) is 24.3. The standard InChI is InChI=1S/C25H29ClN4O3/c1-6-29(7-2)20-10-11-21(17(4)14-20)27-25(32)18(5)33-23-12-13-24(31)30(28-23)22-15-19(26)9-8-16(22)3/h8-15,18H,6-7H2,1-5H3,(H,27,32)/t18-/m0/s1. The number of anilines is 2.